The van der Waals surface area contributed by atoms with Crippen LogP contribution < -0.4 is 20.3 Å². The summed E-state index contributed by atoms with van der Waals surface area (Å²) in [4.78, 5) is 24.6. The van der Waals surface area contributed by atoms with Crippen LogP contribution in [0.15, 0.2) is 42.1 Å². The van der Waals surface area contributed by atoms with Gasteiger partial charge in [-0.05, 0) is 61.1 Å². The van der Waals surface area contributed by atoms with Crippen molar-refractivity contribution in [3.8, 4) is 5.75 Å². The van der Waals surface area contributed by atoms with E-state index in [1.165, 1.54) is 0 Å². The van der Waals surface area contributed by atoms with Crippen molar-refractivity contribution in [1.29, 1.82) is 0 Å². The topological polar surface area (TPSA) is 69.7 Å². The minimum Gasteiger partial charge on any atom is -0.490 e. The van der Waals surface area contributed by atoms with Crippen LogP contribution in [0.5, 0.6) is 5.75 Å². The molecule has 2 aromatic carbocycles. The fraction of sp³-hybridized carbons (Fsp3) is 0.438. The van der Waals surface area contributed by atoms with Crippen molar-refractivity contribution in [3.05, 3.63) is 78.2 Å². The van der Waals surface area contributed by atoms with Gasteiger partial charge in [-0.2, -0.15) is 0 Å². The predicted molar refractivity (Wildman–Crippen MR) is 180 cm³/mol. The number of aromatic nitrogens is 1. The number of carbonyl (C=O) groups is 1. The smallest absolute Gasteiger partial charge is 0.252 e. The van der Waals surface area contributed by atoms with Crippen molar-refractivity contribution in [2.24, 2.45) is 5.92 Å². The number of aryl methyl sites for hydroxylation is 1. The highest BCUT2D eigenvalue weighted by atomic mass is 35.5. The number of halogens is 4. The Bertz CT molecular complexity index is 1600. The van der Waals surface area contributed by atoms with Crippen LogP contribution in [0.4, 0.5) is 5.13 Å². The highest BCUT2D eigenvalue weighted by Gasteiger charge is 2.42. The van der Waals surface area contributed by atoms with Gasteiger partial charge in [-0.25, -0.2) is 4.98 Å². The minimum atomic E-state index is -0.0578. The van der Waals surface area contributed by atoms with Gasteiger partial charge in [-0.1, -0.05) is 69.9 Å². The Morgan fingerprint density at radius 3 is 2.64 bits per heavy atom. The number of hydrogen-bond donors (Lipinski definition) is 2. The third-order valence-electron chi connectivity index (χ3n) is 8.78. The highest BCUT2D eigenvalue weighted by Crippen LogP contribution is 2.41. The first-order valence-electron chi connectivity index (χ1n) is 15.0. The van der Waals surface area contributed by atoms with Gasteiger partial charge < -0.3 is 25.2 Å². The van der Waals surface area contributed by atoms with Gasteiger partial charge >= 0.3 is 0 Å². The molecule has 7 nitrogen and oxygen atoms in total. The van der Waals surface area contributed by atoms with Crippen LogP contribution in [0.3, 0.4) is 0 Å². The largest absolute Gasteiger partial charge is 0.490 e. The molecule has 1 aromatic heterocycles. The summed E-state index contributed by atoms with van der Waals surface area (Å²) in [5.41, 5.74) is 3.82. The third-order valence-corrected chi connectivity index (χ3v) is 11.3. The van der Waals surface area contributed by atoms with Crippen LogP contribution in [-0.2, 0) is 11.3 Å². The van der Waals surface area contributed by atoms with Gasteiger partial charge in [0.05, 0.1) is 37.6 Å². The Hall–Kier alpha value is -2.04. The molecule has 4 heterocycles. The SMILES string of the molecule is Cc1cc(Cl)c(OCC2CN(c3ncc(C4=C(C(=O)N(Cc5cccc(Cl)c5Cl)C5CC5)[C@@H]5CNC[C@H](C4)N5)s3)C2)c(Cl)c1. The molecular formula is C32H33Cl4N5O2S. The van der Waals surface area contributed by atoms with E-state index in [0.717, 1.165) is 71.2 Å². The molecule has 0 spiro atoms. The molecule has 3 aromatic rings. The monoisotopic (exact) mass is 691 g/mol. The van der Waals surface area contributed by atoms with Crippen LogP contribution in [0.25, 0.3) is 5.57 Å². The average Bonchev–Trinajstić information content (AvgIpc) is 3.69. The quantitative estimate of drug-likeness (QED) is 0.256. The number of nitrogens with one attached hydrogen (secondary N) is 2. The lowest BCUT2D eigenvalue weighted by atomic mass is 9.86. The van der Waals surface area contributed by atoms with E-state index in [1.54, 1.807) is 17.4 Å². The Morgan fingerprint density at radius 1 is 1.11 bits per heavy atom. The number of fused-ring (bicyclic) bond motifs is 2. The molecule has 1 aliphatic carbocycles. The Balaban J connectivity index is 1.09. The second-order valence-electron chi connectivity index (χ2n) is 12.2. The number of nitrogens with zero attached hydrogens (tertiary/aromatic N) is 3. The number of benzene rings is 2. The second-order valence-corrected chi connectivity index (χ2v) is 14.8. The van der Waals surface area contributed by atoms with Gasteiger partial charge in [0.2, 0.25) is 0 Å². The summed E-state index contributed by atoms with van der Waals surface area (Å²) in [5.74, 6) is 0.964. The zero-order valence-electron chi connectivity index (χ0n) is 24.2. The summed E-state index contributed by atoms with van der Waals surface area (Å²) >= 11 is 27.3. The van der Waals surface area contributed by atoms with E-state index >= 15 is 0 Å². The molecular weight excluding hydrogens is 660 g/mol. The maximum absolute atomic E-state index is 14.4. The normalized spacial score (nSPS) is 21.8. The summed E-state index contributed by atoms with van der Waals surface area (Å²) in [6, 6.07) is 9.77. The van der Waals surface area contributed by atoms with Gasteiger partial charge in [0.25, 0.3) is 5.91 Å². The number of carbonyl (C=O) groups excluding carboxylic acids is 1. The number of anilines is 1. The van der Waals surface area contributed by atoms with E-state index in [9.17, 15) is 4.79 Å². The molecule has 2 bridgehead atoms. The molecule has 0 radical (unpaired) electrons. The van der Waals surface area contributed by atoms with Gasteiger partial charge in [-0.3, -0.25) is 4.79 Å². The number of thiazole rings is 1. The van der Waals surface area contributed by atoms with Crippen molar-refractivity contribution in [2.45, 2.75) is 50.9 Å². The number of rotatable bonds is 9. The summed E-state index contributed by atoms with van der Waals surface area (Å²) in [6.07, 6.45) is 4.72. The number of ether oxygens (including phenoxy) is 1. The maximum atomic E-state index is 14.4. The van der Waals surface area contributed by atoms with E-state index < -0.39 is 0 Å². The van der Waals surface area contributed by atoms with Gasteiger partial charge in [0, 0.05) is 62.5 Å². The Kier molecular flexibility index (Phi) is 8.79. The van der Waals surface area contributed by atoms with Crippen LogP contribution in [0.2, 0.25) is 20.1 Å². The molecule has 4 aliphatic rings. The van der Waals surface area contributed by atoms with E-state index in [1.807, 2.05) is 42.3 Å². The molecule has 1 amide bonds. The van der Waals surface area contributed by atoms with Crippen LogP contribution in [0.1, 0.15) is 35.3 Å². The van der Waals surface area contributed by atoms with Crippen molar-refractivity contribution in [3.63, 3.8) is 0 Å². The summed E-state index contributed by atoms with van der Waals surface area (Å²) < 4.78 is 6.01. The minimum absolute atomic E-state index is 0.0578. The van der Waals surface area contributed by atoms with Crippen molar-refractivity contribution < 1.29 is 9.53 Å². The number of hydrogen-bond acceptors (Lipinski definition) is 7. The first-order chi connectivity index (χ1) is 21.2. The number of piperazine rings is 1. The molecule has 232 valence electrons. The zero-order valence-corrected chi connectivity index (χ0v) is 28.1. The molecule has 3 aliphatic heterocycles. The van der Waals surface area contributed by atoms with Crippen LogP contribution in [-0.4, -0.2) is 66.7 Å². The predicted octanol–water partition coefficient (Wildman–Crippen LogP) is 6.86. The first kappa shape index (κ1) is 30.6. The molecule has 2 atom stereocenters. The third kappa shape index (κ3) is 6.19. The van der Waals surface area contributed by atoms with Gasteiger partial charge in [0.1, 0.15) is 0 Å². The Labute approximate surface area is 281 Å². The lowest BCUT2D eigenvalue weighted by molar-refractivity contribution is -0.128. The van der Waals surface area contributed by atoms with Crippen molar-refractivity contribution >= 4 is 74.4 Å². The Morgan fingerprint density at radius 2 is 1.89 bits per heavy atom. The van der Waals surface area contributed by atoms with E-state index in [4.69, 9.17) is 56.1 Å². The van der Waals surface area contributed by atoms with Gasteiger partial charge in [0.15, 0.2) is 10.9 Å². The summed E-state index contributed by atoms with van der Waals surface area (Å²) in [5, 5.41) is 10.3. The molecule has 0 unspecified atom stereocenters. The molecule has 2 saturated heterocycles. The lowest BCUT2D eigenvalue weighted by Crippen LogP contribution is -2.59. The van der Waals surface area contributed by atoms with E-state index in [-0.39, 0.29) is 24.0 Å². The molecule has 44 heavy (non-hydrogen) atoms. The van der Waals surface area contributed by atoms with Crippen LogP contribution >= 0.6 is 57.7 Å². The molecule has 3 fully saturated rings. The van der Waals surface area contributed by atoms with Gasteiger partial charge in [-0.15, -0.1) is 0 Å². The molecule has 7 rings (SSSR count). The molecule has 1 saturated carbocycles. The zero-order chi connectivity index (χ0) is 30.5. The summed E-state index contributed by atoms with van der Waals surface area (Å²) in [6.45, 7) is 6.20. The van der Waals surface area contributed by atoms with Crippen molar-refractivity contribution in [2.75, 3.05) is 37.7 Å². The highest BCUT2D eigenvalue weighted by molar-refractivity contribution is 7.16. The van der Waals surface area contributed by atoms with Crippen molar-refractivity contribution in [1.82, 2.24) is 20.5 Å². The molecule has 12 heteroatoms. The maximum Gasteiger partial charge on any atom is 0.252 e. The van der Waals surface area contributed by atoms with E-state index in [2.05, 4.69) is 15.5 Å². The average molecular weight is 694 g/mol. The molecule has 2 N–H and O–H groups in total. The standard InChI is InChI=1S/C32H33Cl4N5O2S/c1-17-7-24(34)30(25(35)8-17)43-16-18-13-40(14-18)32-38-12-27(44-32)22-9-20-10-37-11-26(39-20)28(22)31(42)41(21-5-6-21)15-19-3-2-4-23(33)29(19)36/h2-4,7-8,12,18,20-21,26,37,39H,5-6,9-11,13-16H2,1H3/t20-,26-/m0/s1. The second kappa shape index (κ2) is 12.6. The first-order valence-corrected chi connectivity index (χ1v) is 17.3. The lowest BCUT2D eigenvalue weighted by Gasteiger charge is -2.40. The van der Waals surface area contributed by atoms with Crippen LogP contribution in [0, 0.1) is 12.8 Å². The van der Waals surface area contributed by atoms with E-state index in [0.29, 0.717) is 51.5 Å². The number of amides is 1. The fourth-order valence-corrected chi connectivity index (χ4v) is 8.46. The summed E-state index contributed by atoms with van der Waals surface area (Å²) in [7, 11) is 0. The fourth-order valence-electron chi connectivity index (χ4n) is 6.37.